The minimum atomic E-state index is -3.70. The summed E-state index contributed by atoms with van der Waals surface area (Å²) in [5.41, 5.74) is 3.85. The third-order valence-electron chi connectivity index (χ3n) is 6.47. The Bertz CT molecular complexity index is 1270. The summed E-state index contributed by atoms with van der Waals surface area (Å²) in [6.45, 7) is 4.90. The minimum Gasteiger partial charge on any atom is -0.341 e. The van der Waals surface area contributed by atoms with Crippen LogP contribution in [0.1, 0.15) is 29.8 Å². The highest BCUT2D eigenvalue weighted by Crippen LogP contribution is 2.26. The van der Waals surface area contributed by atoms with Crippen molar-refractivity contribution in [1.29, 1.82) is 0 Å². The smallest absolute Gasteiger partial charge is 0.243 e. The van der Waals surface area contributed by atoms with E-state index >= 15 is 0 Å². The molecule has 1 fully saturated rings. The zero-order chi connectivity index (χ0) is 24.5. The van der Waals surface area contributed by atoms with Crippen molar-refractivity contribution in [2.75, 3.05) is 20.1 Å². The van der Waals surface area contributed by atoms with Crippen LogP contribution in [0.15, 0.2) is 59.5 Å². The molecule has 0 saturated carbocycles. The molecular formula is C25H29FN4O3S. The van der Waals surface area contributed by atoms with E-state index in [0.29, 0.717) is 19.4 Å². The second-order valence-electron chi connectivity index (χ2n) is 8.72. The van der Waals surface area contributed by atoms with Gasteiger partial charge in [-0.3, -0.25) is 4.79 Å². The summed E-state index contributed by atoms with van der Waals surface area (Å²) in [6, 6.07) is 14.7. The molecule has 4 rings (SSSR count). The van der Waals surface area contributed by atoms with Gasteiger partial charge in [0.15, 0.2) is 0 Å². The number of sulfonamides is 1. The Balaban J connectivity index is 1.40. The largest absolute Gasteiger partial charge is 0.341 e. The fourth-order valence-corrected chi connectivity index (χ4v) is 5.92. The van der Waals surface area contributed by atoms with E-state index in [1.807, 2.05) is 48.9 Å². The number of hydrogen-bond donors (Lipinski definition) is 0. The van der Waals surface area contributed by atoms with Crippen molar-refractivity contribution >= 4 is 15.9 Å². The zero-order valence-electron chi connectivity index (χ0n) is 19.6. The average Bonchev–Trinajstić information content (AvgIpc) is 3.12. The number of benzene rings is 2. The number of amides is 1. The normalized spacial score (nSPS) is 15.4. The van der Waals surface area contributed by atoms with Gasteiger partial charge in [0.25, 0.3) is 0 Å². The predicted molar refractivity (Wildman–Crippen MR) is 127 cm³/mol. The van der Waals surface area contributed by atoms with Crippen LogP contribution in [0.2, 0.25) is 0 Å². The molecule has 9 heteroatoms. The molecule has 0 N–H and O–H groups in total. The molecule has 34 heavy (non-hydrogen) atoms. The van der Waals surface area contributed by atoms with Gasteiger partial charge >= 0.3 is 0 Å². The maximum atomic E-state index is 13.2. The van der Waals surface area contributed by atoms with Crippen LogP contribution in [0.4, 0.5) is 4.39 Å². The van der Waals surface area contributed by atoms with Gasteiger partial charge in [-0.1, -0.05) is 18.2 Å². The highest BCUT2D eigenvalue weighted by atomic mass is 32.2. The molecule has 3 aromatic rings. The number of para-hydroxylation sites is 1. The second-order valence-corrected chi connectivity index (χ2v) is 10.7. The molecule has 0 bridgehead atoms. The summed E-state index contributed by atoms with van der Waals surface area (Å²) in [6.07, 6.45) is 0.898. The topological polar surface area (TPSA) is 75.5 Å². The van der Waals surface area contributed by atoms with Crippen molar-refractivity contribution in [1.82, 2.24) is 19.0 Å². The Morgan fingerprint density at radius 3 is 2.29 bits per heavy atom. The number of hydrogen-bond acceptors (Lipinski definition) is 4. The number of aromatic nitrogens is 2. The molecule has 1 aromatic heterocycles. The number of aryl methyl sites for hydroxylation is 1. The van der Waals surface area contributed by atoms with E-state index in [1.54, 1.807) is 11.9 Å². The third-order valence-corrected chi connectivity index (χ3v) is 8.38. The number of rotatable bonds is 6. The number of carbonyl (C=O) groups excluding carboxylic acids is 1. The summed E-state index contributed by atoms with van der Waals surface area (Å²) < 4.78 is 42.1. The number of halogens is 1. The number of piperidine rings is 1. The van der Waals surface area contributed by atoms with E-state index in [2.05, 4.69) is 5.10 Å². The van der Waals surface area contributed by atoms with Crippen LogP contribution in [-0.2, 0) is 21.4 Å². The quantitative estimate of drug-likeness (QED) is 0.535. The van der Waals surface area contributed by atoms with Crippen LogP contribution >= 0.6 is 0 Å². The van der Waals surface area contributed by atoms with Gasteiger partial charge < -0.3 is 4.90 Å². The number of nitrogens with zero attached hydrogens (tertiary/aromatic N) is 4. The SMILES string of the molecule is Cc1nn(-c2ccccc2)c(C)c1CN(C)C(=O)C1CCN(S(=O)(=O)c2ccc(F)cc2)CC1. The Labute approximate surface area is 199 Å². The van der Waals surface area contributed by atoms with Gasteiger partial charge in [-0.15, -0.1) is 0 Å². The standard InChI is InChI=1S/C25H29FN4O3S/c1-18-24(19(2)30(27-18)22-7-5-4-6-8-22)17-28(3)25(31)20-13-15-29(16-14-20)34(32,33)23-11-9-21(26)10-12-23/h4-12,20H,13-17H2,1-3H3. The fraction of sp³-hybridized carbons (Fsp3) is 0.360. The first-order valence-electron chi connectivity index (χ1n) is 11.3. The molecule has 0 spiro atoms. The summed E-state index contributed by atoms with van der Waals surface area (Å²) in [7, 11) is -1.92. The highest BCUT2D eigenvalue weighted by molar-refractivity contribution is 7.89. The molecule has 1 aliphatic heterocycles. The van der Waals surface area contributed by atoms with E-state index in [9.17, 15) is 17.6 Å². The van der Waals surface area contributed by atoms with E-state index in [4.69, 9.17) is 0 Å². The summed E-state index contributed by atoms with van der Waals surface area (Å²) in [5.74, 6) is -0.717. The van der Waals surface area contributed by atoms with Gasteiger partial charge in [0, 0.05) is 43.9 Å². The summed E-state index contributed by atoms with van der Waals surface area (Å²) in [4.78, 5) is 14.9. The van der Waals surface area contributed by atoms with Crippen LogP contribution in [0.5, 0.6) is 0 Å². The van der Waals surface area contributed by atoms with E-state index in [1.165, 1.54) is 16.4 Å². The predicted octanol–water partition coefficient (Wildman–Crippen LogP) is 3.69. The van der Waals surface area contributed by atoms with Crippen LogP contribution in [0.25, 0.3) is 5.69 Å². The van der Waals surface area contributed by atoms with Gasteiger partial charge in [-0.05, 0) is 63.1 Å². The maximum absolute atomic E-state index is 13.2. The van der Waals surface area contributed by atoms with Gasteiger partial charge in [-0.25, -0.2) is 17.5 Å². The fourth-order valence-electron chi connectivity index (χ4n) is 4.45. The Hall–Kier alpha value is -3.04. The number of carbonyl (C=O) groups is 1. The molecule has 1 saturated heterocycles. The first kappa shape index (κ1) is 24.1. The van der Waals surface area contributed by atoms with Crippen molar-refractivity contribution in [2.45, 2.75) is 38.1 Å². The lowest BCUT2D eigenvalue weighted by Crippen LogP contribution is -2.43. The Kier molecular flexibility index (Phi) is 6.86. The van der Waals surface area contributed by atoms with E-state index in [-0.39, 0.29) is 29.8 Å². The van der Waals surface area contributed by atoms with Gasteiger partial charge in [0.1, 0.15) is 5.82 Å². The van der Waals surface area contributed by atoms with Crippen molar-refractivity contribution < 1.29 is 17.6 Å². The van der Waals surface area contributed by atoms with Gasteiger partial charge in [0.2, 0.25) is 15.9 Å². The van der Waals surface area contributed by atoms with Crippen LogP contribution < -0.4 is 0 Å². The van der Waals surface area contributed by atoms with Gasteiger partial charge in [0.05, 0.1) is 16.3 Å². The molecule has 7 nitrogen and oxygen atoms in total. The second kappa shape index (κ2) is 9.68. The first-order chi connectivity index (χ1) is 16.2. The monoisotopic (exact) mass is 484 g/mol. The third kappa shape index (κ3) is 4.76. The average molecular weight is 485 g/mol. The molecule has 0 radical (unpaired) electrons. The zero-order valence-corrected chi connectivity index (χ0v) is 20.4. The highest BCUT2D eigenvalue weighted by Gasteiger charge is 2.33. The van der Waals surface area contributed by atoms with Crippen molar-refractivity contribution in [3.63, 3.8) is 0 Å². The molecule has 1 aliphatic rings. The van der Waals surface area contributed by atoms with Crippen molar-refractivity contribution in [3.05, 3.63) is 77.4 Å². The summed E-state index contributed by atoms with van der Waals surface area (Å²) >= 11 is 0. The van der Waals surface area contributed by atoms with Crippen LogP contribution in [0, 0.1) is 25.6 Å². The lowest BCUT2D eigenvalue weighted by Gasteiger charge is -2.32. The van der Waals surface area contributed by atoms with Gasteiger partial charge in [-0.2, -0.15) is 9.40 Å². The van der Waals surface area contributed by atoms with E-state index < -0.39 is 15.8 Å². The molecule has 180 valence electrons. The Morgan fingerprint density at radius 2 is 1.68 bits per heavy atom. The molecule has 0 unspecified atom stereocenters. The summed E-state index contributed by atoms with van der Waals surface area (Å²) in [5, 5.41) is 4.66. The molecule has 0 aliphatic carbocycles. The molecule has 2 heterocycles. The lowest BCUT2D eigenvalue weighted by molar-refractivity contribution is -0.135. The van der Waals surface area contributed by atoms with Crippen LogP contribution in [-0.4, -0.2) is 53.4 Å². The molecular weight excluding hydrogens is 455 g/mol. The Morgan fingerprint density at radius 1 is 1.06 bits per heavy atom. The molecule has 1 amide bonds. The first-order valence-corrected chi connectivity index (χ1v) is 12.7. The molecule has 2 aromatic carbocycles. The van der Waals surface area contributed by atoms with Crippen molar-refractivity contribution in [3.8, 4) is 5.69 Å². The van der Waals surface area contributed by atoms with Crippen LogP contribution in [0.3, 0.4) is 0 Å². The minimum absolute atomic E-state index is 0.00471. The van der Waals surface area contributed by atoms with E-state index in [0.717, 1.165) is 34.8 Å². The van der Waals surface area contributed by atoms with Crippen molar-refractivity contribution in [2.24, 2.45) is 5.92 Å². The lowest BCUT2D eigenvalue weighted by atomic mass is 9.96. The maximum Gasteiger partial charge on any atom is 0.243 e. The molecule has 0 atom stereocenters.